The molecule has 2 aromatic carbocycles. The Morgan fingerprint density at radius 3 is 2.72 bits per heavy atom. The Morgan fingerprint density at radius 1 is 1.21 bits per heavy atom. The minimum Gasteiger partial charge on any atom is -0.507 e. The van der Waals surface area contributed by atoms with Crippen molar-refractivity contribution in [2.75, 3.05) is 13.2 Å². The van der Waals surface area contributed by atoms with Gasteiger partial charge in [0, 0.05) is 0 Å². The molecule has 0 aromatic heterocycles. The number of fused-ring (bicyclic) bond motifs is 1. The first-order valence-electron chi connectivity index (χ1n) is 10.4. The van der Waals surface area contributed by atoms with Gasteiger partial charge in [0.05, 0.1) is 30.3 Å². The predicted octanol–water partition coefficient (Wildman–Crippen LogP) is 3.36. The number of carbonyl (C=O) groups excluding carboxylic acids is 1. The molecule has 0 aliphatic carbocycles. The zero-order chi connectivity index (χ0) is 20.4. The summed E-state index contributed by atoms with van der Waals surface area (Å²) in [6.07, 6.45) is 5.38. The van der Waals surface area contributed by atoms with Crippen LogP contribution in [-0.4, -0.2) is 30.1 Å². The third-order valence-corrected chi connectivity index (χ3v) is 5.89. The molecule has 1 unspecified atom stereocenters. The van der Waals surface area contributed by atoms with Crippen LogP contribution in [0.2, 0.25) is 0 Å². The zero-order valence-electron chi connectivity index (χ0n) is 17.0. The van der Waals surface area contributed by atoms with Crippen molar-refractivity contribution in [2.24, 2.45) is 0 Å². The van der Waals surface area contributed by atoms with Crippen LogP contribution in [0.5, 0.6) is 17.2 Å². The Labute approximate surface area is 171 Å². The number of aromatic hydroxyl groups is 1. The summed E-state index contributed by atoms with van der Waals surface area (Å²) in [7, 11) is 0. The van der Waals surface area contributed by atoms with Crippen molar-refractivity contribution in [3.05, 3.63) is 58.8 Å². The highest BCUT2D eigenvalue weighted by Gasteiger charge is 2.33. The van der Waals surface area contributed by atoms with E-state index < -0.39 is 0 Å². The molecular formula is C24H28NO4+. The summed E-state index contributed by atoms with van der Waals surface area (Å²) in [6.45, 7) is 6.55. The maximum atomic E-state index is 12.9. The number of ketones is 1. The lowest BCUT2D eigenvalue weighted by molar-refractivity contribution is -0.941. The third-order valence-electron chi connectivity index (χ3n) is 5.89. The molecule has 0 bridgehead atoms. The molecule has 5 heteroatoms. The highest BCUT2D eigenvalue weighted by molar-refractivity contribution is 6.14. The third kappa shape index (κ3) is 4.01. The lowest BCUT2D eigenvalue weighted by Gasteiger charge is -2.30. The van der Waals surface area contributed by atoms with E-state index in [9.17, 15) is 9.90 Å². The van der Waals surface area contributed by atoms with Gasteiger partial charge in [0.25, 0.3) is 0 Å². The topological polar surface area (TPSA) is 60.2 Å². The number of hydrogen-bond donors (Lipinski definition) is 2. The van der Waals surface area contributed by atoms with Crippen molar-refractivity contribution in [1.82, 2.24) is 0 Å². The maximum Gasteiger partial charge on any atom is 0.231 e. The molecular weight excluding hydrogens is 366 g/mol. The van der Waals surface area contributed by atoms with Crippen molar-refractivity contribution in [3.8, 4) is 17.2 Å². The molecule has 0 amide bonds. The van der Waals surface area contributed by atoms with Gasteiger partial charge in [-0.1, -0.05) is 12.1 Å². The van der Waals surface area contributed by atoms with E-state index in [-0.39, 0.29) is 17.3 Å². The number of allylic oxidation sites excluding steroid dienone is 1. The molecule has 1 fully saturated rings. The molecule has 2 aliphatic rings. The molecule has 2 heterocycles. The van der Waals surface area contributed by atoms with Gasteiger partial charge < -0.3 is 19.5 Å². The minimum absolute atomic E-state index is 0.142. The van der Waals surface area contributed by atoms with Gasteiger partial charge >= 0.3 is 0 Å². The number of quaternary nitrogens is 1. The smallest absolute Gasteiger partial charge is 0.231 e. The Kier molecular flexibility index (Phi) is 5.58. The van der Waals surface area contributed by atoms with Crippen molar-refractivity contribution in [1.29, 1.82) is 0 Å². The van der Waals surface area contributed by atoms with Gasteiger partial charge in [-0.15, -0.1) is 0 Å². The number of phenolic OH excluding ortho intramolecular Hbond substituents is 1. The molecule has 29 heavy (non-hydrogen) atoms. The molecule has 2 aliphatic heterocycles. The van der Waals surface area contributed by atoms with Crippen molar-refractivity contribution < 1.29 is 24.3 Å². The van der Waals surface area contributed by atoms with Gasteiger partial charge in [0.2, 0.25) is 5.78 Å². The number of carbonyl (C=O) groups is 1. The quantitative estimate of drug-likeness (QED) is 0.764. The maximum absolute atomic E-state index is 12.9. The first-order valence-corrected chi connectivity index (χ1v) is 10.4. The number of ether oxygens (including phenoxy) is 2. The Balaban J connectivity index is 1.60. The first-order chi connectivity index (χ1) is 14.1. The van der Waals surface area contributed by atoms with Crippen molar-refractivity contribution >= 4 is 11.9 Å². The first kappa shape index (κ1) is 19.5. The summed E-state index contributed by atoms with van der Waals surface area (Å²) in [4.78, 5) is 14.3. The number of rotatable bonds is 5. The fraction of sp³-hybridized carbons (Fsp3) is 0.375. The van der Waals surface area contributed by atoms with E-state index >= 15 is 0 Å². The van der Waals surface area contributed by atoms with Crippen molar-refractivity contribution in [2.45, 2.75) is 45.7 Å². The van der Waals surface area contributed by atoms with E-state index in [1.807, 2.05) is 31.2 Å². The average Bonchev–Trinajstić information content (AvgIpc) is 3.03. The molecule has 0 radical (unpaired) electrons. The number of likely N-dealkylation sites (tertiary alicyclic amines) is 1. The molecule has 0 saturated carbocycles. The summed E-state index contributed by atoms with van der Waals surface area (Å²) < 4.78 is 11.5. The minimum atomic E-state index is -0.142. The van der Waals surface area contributed by atoms with Crippen molar-refractivity contribution in [3.63, 3.8) is 0 Å². The second-order valence-electron chi connectivity index (χ2n) is 7.86. The Bertz CT molecular complexity index is 933. The number of nitrogens with one attached hydrogen (secondary N) is 1. The van der Waals surface area contributed by atoms with E-state index in [1.54, 1.807) is 18.2 Å². The van der Waals surface area contributed by atoms with E-state index in [0.717, 1.165) is 23.4 Å². The second kappa shape index (κ2) is 8.29. The van der Waals surface area contributed by atoms with Gasteiger partial charge in [-0.3, -0.25) is 4.79 Å². The Morgan fingerprint density at radius 2 is 2.00 bits per heavy atom. The van der Waals surface area contributed by atoms with Gasteiger partial charge in [0.1, 0.15) is 18.0 Å². The van der Waals surface area contributed by atoms with Gasteiger partial charge in [-0.25, -0.2) is 0 Å². The van der Waals surface area contributed by atoms with E-state index in [1.165, 1.54) is 24.2 Å². The highest BCUT2D eigenvalue weighted by Crippen LogP contribution is 2.39. The Hall–Kier alpha value is -2.79. The SMILES string of the molecule is CCOc1ccc(/C=C2\Oc3c(ccc(O)c3C[NH+]3CCCC[C@@H]3C)C2=O)cc1. The monoisotopic (exact) mass is 394 g/mol. The second-order valence-corrected chi connectivity index (χ2v) is 7.86. The van der Waals surface area contributed by atoms with Crippen LogP contribution < -0.4 is 14.4 Å². The summed E-state index contributed by atoms with van der Waals surface area (Å²) in [5.74, 6) is 1.65. The van der Waals surface area contributed by atoms with Gasteiger partial charge in [-0.2, -0.15) is 0 Å². The lowest BCUT2D eigenvalue weighted by atomic mass is 10.0. The fourth-order valence-corrected chi connectivity index (χ4v) is 4.19. The lowest BCUT2D eigenvalue weighted by Crippen LogP contribution is -3.14. The van der Waals surface area contributed by atoms with E-state index in [2.05, 4.69) is 6.92 Å². The van der Waals surface area contributed by atoms with Crippen LogP contribution in [-0.2, 0) is 6.54 Å². The summed E-state index contributed by atoms with van der Waals surface area (Å²) in [6, 6.07) is 11.4. The normalized spacial score (nSPS) is 22.4. The average molecular weight is 394 g/mol. The molecule has 1 saturated heterocycles. The largest absolute Gasteiger partial charge is 0.507 e. The van der Waals surface area contributed by atoms with Gasteiger partial charge in [-0.05, 0) is 69.0 Å². The summed E-state index contributed by atoms with van der Waals surface area (Å²) in [5, 5.41) is 10.5. The molecule has 4 rings (SSSR count). The zero-order valence-corrected chi connectivity index (χ0v) is 17.0. The van der Waals surface area contributed by atoms with Crippen LogP contribution in [0.3, 0.4) is 0 Å². The van der Waals surface area contributed by atoms with Crippen LogP contribution in [0, 0.1) is 0 Å². The number of Topliss-reactive ketones (excluding diaryl/α,β-unsaturated/α-hetero) is 1. The molecule has 5 nitrogen and oxygen atoms in total. The molecule has 2 atom stereocenters. The summed E-state index contributed by atoms with van der Waals surface area (Å²) >= 11 is 0. The fourth-order valence-electron chi connectivity index (χ4n) is 4.19. The van der Waals surface area contributed by atoms with E-state index in [4.69, 9.17) is 9.47 Å². The number of benzene rings is 2. The molecule has 2 aromatic rings. The van der Waals surface area contributed by atoms with Crippen LogP contribution >= 0.6 is 0 Å². The number of hydrogen-bond acceptors (Lipinski definition) is 4. The predicted molar refractivity (Wildman–Crippen MR) is 112 cm³/mol. The van der Waals surface area contributed by atoms with Crippen LogP contribution in [0.4, 0.5) is 0 Å². The highest BCUT2D eigenvalue weighted by atomic mass is 16.5. The van der Waals surface area contributed by atoms with Crippen LogP contribution in [0.25, 0.3) is 6.08 Å². The molecule has 2 N–H and O–H groups in total. The summed E-state index contributed by atoms with van der Waals surface area (Å²) in [5.41, 5.74) is 2.12. The van der Waals surface area contributed by atoms with Gasteiger partial charge in [0.15, 0.2) is 11.5 Å². The number of piperidine rings is 1. The standard InChI is InChI=1S/C24H27NO4/c1-3-28-18-9-7-17(8-10-18)14-22-23(27)19-11-12-21(26)20(24(19)29-22)15-25-13-5-4-6-16(25)2/h7-12,14,16,26H,3-6,13,15H2,1-2H3/p+1/b22-14-/t16-/m0/s1. The van der Waals surface area contributed by atoms with Crippen LogP contribution in [0.15, 0.2) is 42.2 Å². The molecule has 0 spiro atoms. The molecule has 152 valence electrons. The van der Waals surface area contributed by atoms with E-state index in [0.29, 0.717) is 30.5 Å². The van der Waals surface area contributed by atoms with Crippen LogP contribution in [0.1, 0.15) is 54.6 Å². The number of phenols is 1.